The third-order valence-corrected chi connectivity index (χ3v) is 3.76. The molecule has 2 heteroatoms. The minimum atomic E-state index is -0.403. The first-order valence-corrected chi connectivity index (χ1v) is 8.76. The molecular formula is C18H35O2. The first-order valence-electron chi connectivity index (χ1n) is 8.76. The van der Waals surface area contributed by atoms with Crippen LogP contribution in [0.1, 0.15) is 96.8 Å². The molecule has 0 saturated carbocycles. The molecule has 0 heterocycles. The van der Waals surface area contributed by atoms with E-state index in [0.717, 1.165) is 6.42 Å². The molecule has 0 aromatic rings. The van der Waals surface area contributed by atoms with Gasteiger partial charge in [-0.15, -0.1) is 0 Å². The number of esters is 1. The van der Waals surface area contributed by atoms with Crippen LogP contribution in [-0.2, 0) is 9.53 Å². The van der Waals surface area contributed by atoms with Gasteiger partial charge in [-0.25, -0.2) is 0 Å². The zero-order valence-corrected chi connectivity index (χ0v) is 13.6. The molecule has 2 nitrogen and oxygen atoms in total. The molecule has 0 fully saturated rings. The van der Waals surface area contributed by atoms with Gasteiger partial charge in [0.15, 0.2) is 0 Å². The second-order valence-corrected chi connectivity index (χ2v) is 5.82. The van der Waals surface area contributed by atoms with E-state index in [0.29, 0.717) is 6.61 Å². The minimum absolute atomic E-state index is 0.403. The van der Waals surface area contributed by atoms with E-state index < -0.39 is 5.97 Å². The molecule has 119 valence electrons. The molecule has 0 saturated heterocycles. The second kappa shape index (κ2) is 16.5. The molecule has 0 amide bonds. The molecule has 0 spiro atoms. The molecule has 0 aromatic carbocycles. The first-order chi connectivity index (χ1) is 9.77. The van der Waals surface area contributed by atoms with Gasteiger partial charge in [0.05, 0.1) is 13.5 Å². The zero-order chi connectivity index (χ0) is 14.9. The second-order valence-electron chi connectivity index (χ2n) is 5.82. The molecule has 0 atom stereocenters. The maximum absolute atomic E-state index is 10.4. The molecule has 0 unspecified atom stereocenters. The Morgan fingerprint density at radius 3 is 1.40 bits per heavy atom. The van der Waals surface area contributed by atoms with Gasteiger partial charge in [0.1, 0.15) is 0 Å². The van der Waals surface area contributed by atoms with Gasteiger partial charge < -0.3 is 4.74 Å². The maximum atomic E-state index is 10.4. The largest absolute Gasteiger partial charge is 0.466 e. The Morgan fingerprint density at radius 1 is 0.700 bits per heavy atom. The van der Waals surface area contributed by atoms with E-state index in [2.05, 4.69) is 13.8 Å². The van der Waals surface area contributed by atoms with Crippen LogP contribution in [0.2, 0.25) is 0 Å². The summed E-state index contributed by atoms with van der Waals surface area (Å²) in [4.78, 5) is 10.4. The Hall–Kier alpha value is -0.530. The minimum Gasteiger partial charge on any atom is -0.466 e. The summed E-state index contributed by atoms with van der Waals surface area (Å²) in [5, 5.41) is 0. The third kappa shape index (κ3) is 17.5. The highest BCUT2D eigenvalue weighted by Gasteiger charge is 1.95. The summed E-state index contributed by atoms with van der Waals surface area (Å²) >= 11 is 0. The number of carbonyl (C=O) groups is 1. The van der Waals surface area contributed by atoms with Crippen LogP contribution in [0.25, 0.3) is 0 Å². The van der Waals surface area contributed by atoms with Crippen LogP contribution < -0.4 is 0 Å². The van der Waals surface area contributed by atoms with E-state index in [1.807, 2.05) is 0 Å². The molecule has 0 rings (SSSR count). The van der Waals surface area contributed by atoms with E-state index in [1.165, 1.54) is 83.5 Å². The number of unbranched alkanes of at least 4 members (excludes halogenated alkanes) is 13. The summed E-state index contributed by atoms with van der Waals surface area (Å²) in [5.41, 5.74) is 0. The van der Waals surface area contributed by atoms with Crippen LogP contribution in [0.5, 0.6) is 0 Å². The summed E-state index contributed by atoms with van der Waals surface area (Å²) in [6, 6.07) is 0. The van der Waals surface area contributed by atoms with Crippen molar-refractivity contribution in [3.63, 3.8) is 0 Å². The topological polar surface area (TPSA) is 26.3 Å². The Balaban J connectivity index is 2.94. The van der Waals surface area contributed by atoms with E-state index in [1.54, 1.807) is 0 Å². The lowest BCUT2D eigenvalue weighted by Crippen LogP contribution is -2.00. The SMILES string of the molecule is [CH2]C(=O)OCCCCCCCCCCCCCCCC. The fraction of sp³-hybridized carbons (Fsp3) is 0.889. The van der Waals surface area contributed by atoms with Crippen LogP contribution in [0, 0.1) is 6.92 Å². The van der Waals surface area contributed by atoms with Crippen molar-refractivity contribution in [1.29, 1.82) is 0 Å². The standard InChI is InChI=1S/C18H35O2/c1-3-4-5-6-7-8-9-10-11-12-13-14-15-16-17-20-18(2)19/h2-17H2,1H3. The average Bonchev–Trinajstić information content (AvgIpc) is 2.43. The highest BCUT2D eigenvalue weighted by Crippen LogP contribution is 2.12. The smallest absolute Gasteiger partial charge is 0.306 e. The monoisotopic (exact) mass is 283 g/mol. The fourth-order valence-corrected chi connectivity index (χ4v) is 2.48. The van der Waals surface area contributed by atoms with E-state index in [4.69, 9.17) is 4.74 Å². The lowest BCUT2D eigenvalue weighted by Gasteiger charge is -2.03. The molecule has 0 aromatic heterocycles. The van der Waals surface area contributed by atoms with Crippen LogP contribution >= 0.6 is 0 Å². The van der Waals surface area contributed by atoms with Crippen molar-refractivity contribution in [2.45, 2.75) is 96.8 Å². The maximum Gasteiger partial charge on any atom is 0.306 e. The lowest BCUT2D eigenvalue weighted by molar-refractivity contribution is -0.138. The highest BCUT2D eigenvalue weighted by atomic mass is 16.5. The summed E-state index contributed by atoms with van der Waals surface area (Å²) in [6.07, 6.45) is 18.8. The van der Waals surface area contributed by atoms with Crippen molar-refractivity contribution in [1.82, 2.24) is 0 Å². The Morgan fingerprint density at radius 2 is 1.05 bits per heavy atom. The summed E-state index contributed by atoms with van der Waals surface area (Å²) in [6.45, 7) is 5.99. The third-order valence-electron chi connectivity index (χ3n) is 3.76. The average molecular weight is 283 g/mol. The van der Waals surface area contributed by atoms with Gasteiger partial charge in [-0.2, -0.15) is 0 Å². The van der Waals surface area contributed by atoms with Crippen molar-refractivity contribution in [3.8, 4) is 0 Å². The number of carbonyl (C=O) groups excluding carboxylic acids is 1. The van der Waals surface area contributed by atoms with Crippen molar-refractivity contribution in [3.05, 3.63) is 6.92 Å². The van der Waals surface area contributed by atoms with Crippen molar-refractivity contribution in [2.75, 3.05) is 6.61 Å². The molecule has 0 aliphatic carbocycles. The van der Waals surface area contributed by atoms with Crippen molar-refractivity contribution >= 4 is 5.97 Å². The predicted octanol–water partition coefficient (Wildman–Crippen LogP) is 5.84. The number of ether oxygens (including phenoxy) is 1. The van der Waals surface area contributed by atoms with Crippen LogP contribution in [0.3, 0.4) is 0 Å². The number of hydrogen-bond acceptors (Lipinski definition) is 2. The van der Waals surface area contributed by atoms with Gasteiger partial charge in [-0.3, -0.25) is 4.79 Å². The molecule has 0 N–H and O–H groups in total. The molecular weight excluding hydrogens is 248 g/mol. The van der Waals surface area contributed by atoms with Gasteiger partial charge in [0, 0.05) is 0 Å². The summed E-state index contributed by atoms with van der Waals surface area (Å²) in [5.74, 6) is -0.403. The van der Waals surface area contributed by atoms with Gasteiger partial charge in [0.25, 0.3) is 0 Å². The number of hydrogen-bond donors (Lipinski definition) is 0. The van der Waals surface area contributed by atoms with Crippen LogP contribution in [0.4, 0.5) is 0 Å². The molecule has 0 bridgehead atoms. The predicted molar refractivity (Wildman–Crippen MR) is 86.6 cm³/mol. The van der Waals surface area contributed by atoms with E-state index in [9.17, 15) is 4.79 Å². The quantitative estimate of drug-likeness (QED) is 0.278. The Kier molecular flexibility index (Phi) is 16.1. The van der Waals surface area contributed by atoms with Crippen molar-refractivity contribution < 1.29 is 9.53 Å². The van der Waals surface area contributed by atoms with Crippen LogP contribution in [-0.4, -0.2) is 12.6 Å². The van der Waals surface area contributed by atoms with Gasteiger partial charge >= 0.3 is 5.97 Å². The Labute approximate surface area is 126 Å². The Bertz CT molecular complexity index is 202. The van der Waals surface area contributed by atoms with Crippen molar-refractivity contribution in [2.24, 2.45) is 0 Å². The molecule has 20 heavy (non-hydrogen) atoms. The van der Waals surface area contributed by atoms with Gasteiger partial charge in [0.2, 0.25) is 0 Å². The molecule has 0 aliphatic rings. The highest BCUT2D eigenvalue weighted by molar-refractivity contribution is 5.73. The number of rotatable bonds is 15. The van der Waals surface area contributed by atoms with Gasteiger partial charge in [-0.1, -0.05) is 90.4 Å². The summed E-state index contributed by atoms with van der Waals surface area (Å²) in [7, 11) is 0. The molecule has 1 radical (unpaired) electrons. The van der Waals surface area contributed by atoms with E-state index >= 15 is 0 Å². The first kappa shape index (κ1) is 19.5. The molecule has 0 aliphatic heterocycles. The zero-order valence-electron chi connectivity index (χ0n) is 13.6. The van der Waals surface area contributed by atoms with Crippen LogP contribution in [0.15, 0.2) is 0 Å². The van der Waals surface area contributed by atoms with Gasteiger partial charge in [-0.05, 0) is 6.42 Å². The lowest BCUT2D eigenvalue weighted by atomic mass is 10.0. The fourth-order valence-electron chi connectivity index (χ4n) is 2.48. The summed E-state index contributed by atoms with van der Waals surface area (Å²) < 4.78 is 4.80. The van der Waals surface area contributed by atoms with E-state index in [-0.39, 0.29) is 0 Å². The normalized spacial score (nSPS) is 10.7.